The van der Waals surface area contributed by atoms with Gasteiger partial charge in [-0.25, -0.2) is 0 Å². The predicted molar refractivity (Wildman–Crippen MR) is 202 cm³/mol. The third-order valence-corrected chi connectivity index (χ3v) is 11.5. The molecule has 2 nitrogen and oxygen atoms in total. The fourth-order valence-electron chi connectivity index (χ4n) is 8.53. The highest BCUT2D eigenvalue weighted by molar-refractivity contribution is 6.03. The van der Waals surface area contributed by atoms with Gasteiger partial charge in [0.1, 0.15) is 0 Å². The number of benzene rings is 6. The Morgan fingerprint density at radius 2 is 0.833 bits per heavy atom. The molecule has 2 heterocycles. The number of hydrogen-bond acceptors (Lipinski definition) is 0. The summed E-state index contributed by atoms with van der Waals surface area (Å²) < 4.78 is 5.12. The van der Waals surface area contributed by atoms with Gasteiger partial charge in [0.25, 0.3) is 0 Å². The van der Waals surface area contributed by atoms with E-state index in [1.54, 1.807) is 0 Å². The topological polar surface area (TPSA) is 6.02 Å². The van der Waals surface area contributed by atoms with Crippen molar-refractivity contribution in [3.05, 3.63) is 168 Å². The molecule has 0 fully saturated rings. The first-order chi connectivity index (χ1) is 23.4. The summed E-state index contributed by atoms with van der Waals surface area (Å²) in [5.41, 5.74) is 10.9. The lowest BCUT2D eigenvalue weighted by Gasteiger charge is -2.24. The zero-order valence-corrected chi connectivity index (χ0v) is 28.6. The SMILES string of the molecule is CC1=[N+](Cc2ccccc2)c2ccc3ccccc3c2C1(C)C/C=C\CC1(C)C(C)=[N+](Cc2ccccc2)c2ccc3ccccc3c21. The van der Waals surface area contributed by atoms with Gasteiger partial charge in [0.05, 0.1) is 10.8 Å². The molecule has 2 heteroatoms. The lowest BCUT2D eigenvalue weighted by Crippen LogP contribution is -2.31. The van der Waals surface area contributed by atoms with Gasteiger partial charge in [0.2, 0.25) is 11.4 Å². The van der Waals surface area contributed by atoms with Crippen molar-refractivity contribution in [1.29, 1.82) is 0 Å². The number of hydrogen-bond donors (Lipinski definition) is 0. The molecule has 0 spiro atoms. The molecule has 8 rings (SSSR count). The van der Waals surface area contributed by atoms with Crippen LogP contribution in [0.1, 0.15) is 62.8 Å². The van der Waals surface area contributed by atoms with Crippen LogP contribution in [0.25, 0.3) is 21.5 Å². The lowest BCUT2D eigenvalue weighted by atomic mass is 9.73. The Balaban J connectivity index is 1.17. The third kappa shape index (κ3) is 4.85. The standard InChI is InChI=1S/C46H44N2/c1-33-45(3,43-39-23-13-11-21-37(39)25-27-41(43)47(33)31-35-17-7-5-8-18-35)29-15-16-30-46(4)34(2)48(32-36-19-9-6-10-20-36)42-28-26-38-22-12-14-24-40(38)44(42)46/h5-28H,29-32H2,1-4H3/q+2/b16-15-. The number of allylic oxidation sites excluding steroid dienone is 2. The maximum Gasteiger partial charge on any atom is 0.210 e. The fourth-order valence-corrected chi connectivity index (χ4v) is 8.53. The average molecular weight is 625 g/mol. The van der Waals surface area contributed by atoms with Gasteiger partial charge in [0, 0.05) is 48.2 Å². The van der Waals surface area contributed by atoms with Crippen LogP contribution in [-0.2, 0) is 23.9 Å². The molecule has 0 saturated carbocycles. The molecule has 6 aromatic rings. The summed E-state index contributed by atoms with van der Waals surface area (Å²) in [6.07, 6.45) is 6.86. The molecule has 2 aliphatic heterocycles. The van der Waals surface area contributed by atoms with Gasteiger partial charge in [-0.05, 0) is 60.4 Å². The summed E-state index contributed by atoms with van der Waals surface area (Å²) in [5.74, 6) is 0. The Morgan fingerprint density at radius 3 is 1.25 bits per heavy atom. The molecule has 2 aliphatic rings. The second kappa shape index (κ2) is 11.9. The molecule has 0 aliphatic carbocycles. The zero-order valence-electron chi connectivity index (χ0n) is 28.6. The van der Waals surface area contributed by atoms with Crippen LogP contribution in [0.5, 0.6) is 0 Å². The number of rotatable bonds is 8. The Bertz CT molecular complexity index is 2110. The van der Waals surface area contributed by atoms with Crippen LogP contribution in [0.3, 0.4) is 0 Å². The van der Waals surface area contributed by atoms with Gasteiger partial charge in [-0.1, -0.05) is 121 Å². The van der Waals surface area contributed by atoms with Gasteiger partial charge in [-0.3, -0.25) is 0 Å². The van der Waals surface area contributed by atoms with Crippen LogP contribution >= 0.6 is 0 Å². The van der Waals surface area contributed by atoms with Crippen LogP contribution in [0, 0.1) is 0 Å². The van der Waals surface area contributed by atoms with E-state index in [-0.39, 0.29) is 10.8 Å². The van der Waals surface area contributed by atoms with Crippen LogP contribution in [0.15, 0.2) is 146 Å². The summed E-state index contributed by atoms with van der Waals surface area (Å²) in [5, 5.41) is 5.35. The molecule has 48 heavy (non-hydrogen) atoms. The molecule has 0 aromatic heterocycles. The average Bonchev–Trinajstić information content (AvgIpc) is 3.47. The van der Waals surface area contributed by atoms with Gasteiger partial charge in [-0.2, -0.15) is 9.15 Å². The Morgan fingerprint density at radius 1 is 0.458 bits per heavy atom. The van der Waals surface area contributed by atoms with Crippen molar-refractivity contribution in [3.63, 3.8) is 0 Å². The minimum Gasteiger partial charge on any atom is -0.195 e. The van der Waals surface area contributed by atoms with Gasteiger partial charge < -0.3 is 0 Å². The minimum absolute atomic E-state index is 0.110. The summed E-state index contributed by atoms with van der Waals surface area (Å²) >= 11 is 0. The van der Waals surface area contributed by atoms with Crippen molar-refractivity contribution in [3.8, 4) is 0 Å². The molecule has 236 valence electrons. The fraction of sp³-hybridized carbons (Fsp3) is 0.217. The van der Waals surface area contributed by atoms with Gasteiger partial charge in [-0.15, -0.1) is 0 Å². The molecule has 0 saturated heterocycles. The monoisotopic (exact) mass is 624 g/mol. The van der Waals surface area contributed by atoms with E-state index >= 15 is 0 Å². The number of fused-ring (bicyclic) bond motifs is 6. The summed E-state index contributed by atoms with van der Waals surface area (Å²) in [7, 11) is 0. The second-order valence-electron chi connectivity index (χ2n) is 14.2. The number of nitrogens with zero attached hydrogens (tertiary/aromatic N) is 2. The largest absolute Gasteiger partial charge is 0.210 e. The van der Waals surface area contributed by atoms with E-state index < -0.39 is 0 Å². The van der Waals surface area contributed by atoms with Crippen molar-refractivity contribution in [2.45, 2.75) is 64.5 Å². The molecule has 2 atom stereocenters. The molecule has 6 aromatic carbocycles. The maximum absolute atomic E-state index is 2.56. The predicted octanol–water partition coefficient (Wildman–Crippen LogP) is 11.2. The Kier molecular flexibility index (Phi) is 7.48. The first-order valence-corrected chi connectivity index (χ1v) is 17.4. The molecule has 0 N–H and O–H groups in total. The van der Waals surface area contributed by atoms with Gasteiger partial charge in [0.15, 0.2) is 24.5 Å². The van der Waals surface area contributed by atoms with Gasteiger partial charge >= 0.3 is 0 Å². The minimum atomic E-state index is -0.110. The van der Waals surface area contributed by atoms with E-state index in [1.807, 2.05) is 0 Å². The smallest absolute Gasteiger partial charge is 0.195 e. The summed E-state index contributed by atoms with van der Waals surface area (Å²) in [6, 6.07) is 48.9. The zero-order chi connectivity index (χ0) is 32.9. The quantitative estimate of drug-likeness (QED) is 0.117. The van der Waals surface area contributed by atoms with E-state index in [4.69, 9.17) is 0 Å². The van der Waals surface area contributed by atoms with E-state index in [0.717, 1.165) is 25.9 Å². The van der Waals surface area contributed by atoms with Crippen LogP contribution in [-0.4, -0.2) is 20.6 Å². The highest BCUT2D eigenvalue weighted by atomic mass is 15.1. The van der Waals surface area contributed by atoms with E-state index in [2.05, 4.69) is 182 Å². The normalized spacial score (nSPS) is 20.3. The van der Waals surface area contributed by atoms with Crippen molar-refractivity contribution >= 4 is 44.3 Å². The van der Waals surface area contributed by atoms with Crippen LogP contribution in [0.2, 0.25) is 0 Å². The molecule has 2 unspecified atom stereocenters. The molecular formula is C46H44N2+2. The van der Waals surface area contributed by atoms with E-state index in [1.165, 1.54) is 66.6 Å². The molecular weight excluding hydrogens is 581 g/mol. The maximum atomic E-state index is 2.56. The first kappa shape index (κ1) is 30.3. The highest BCUT2D eigenvalue weighted by Crippen LogP contribution is 2.48. The van der Waals surface area contributed by atoms with Crippen molar-refractivity contribution in [2.24, 2.45) is 0 Å². The van der Waals surface area contributed by atoms with E-state index in [0.29, 0.717) is 0 Å². The Hall–Kier alpha value is -5.08. The first-order valence-electron chi connectivity index (χ1n) is 17.4. The van der Waals surface area contributed by atoms with Crippen LogP contribution in [0.4, 0.5) is 11.4 Å². The lowest BCUT2D eigenvalue weighted by molar-refractivity contribution is -0.456. The second-order valence-corrected chi connectivity index (χ2v) is 14.2. The highest BCUT2D eigenvalue weighted by Gasteiger charge is 2.48. The summed E-state index contributed by atoms with van der Waals surface area (Å²) in [6.45, 7) is 11.4. The van der Waals surface area contributed by atoms with Crippen molar-refractivity contribution < 1.29 is 9.15 Å². The third-order valence-electron chi connectivity index (χ3n) is 11.5. The molecule has 0 radical (unpaired) electrons. The van der Waals surface area contributed by atoms with Crippen molar-refractivity contribution in [2.75, 3.05) is 0 Å². The molecule has 0 bridgehead atoms. The summed E-state index contributed by atoms with van der Waals surface area (Å²) in [4.78, 5) is 0. The van der Waals surface area contributed by atoms with E-state index in [9.17, 15) is 0 Å². The van der Waals surface area contributed by atoms with Crippen molar-refractivity contribution in [1.82, 2.24) is 0 Å². The molecule has 0 amide bonds. The Labute approximate surface area is 285 Å². The van der Waals surface area contributed by atoms with Crippen LogP contribution < -0.4 is 0 Å².